The van der Waals surface area contributed by atoms with Crippen LogP contribution in [0.1, 0.15) is 44.7 Å². The van der Waals surface area contributed by atoms with Crippen LogP contribution in [0.15, 0.2) is 24.3 Å². The Labute approximate surface area is 149 Å². The third-order valence-corrected chi connectivity index (χ3v) is 4.72. The molecule has 0 aromatic heterocycles. The quantitative estimate of drug-likeness (QED) is 0.751. The Morgan fingerprint density at radius 2 is 2.08 bits per heavy atom. The summed E-state index contributed by atoms with van der Waals surface area (Å²) < 4.78 is 5.21. The molecule has 3 N–H and O–H groups in total. The highest BCUT2D eigenvalue weighted by Gasteiger charge is 2.44. The maximum Gasteiger partial charge on any atom is 0.226 e. The normalized spacial score (nSPS) is 21.3. The van der Waals surface area contributed by atoms with Crippen LogP contribution in [0.3, 0.4) is 0 Å². The molecule has 1 aliphatic rings. The van der Waals surface area contributed by atoms with Crippen LogP contribution < -0.4 is 15.8 Å². The number of rotatable bonds is 8. The first kappa shape index (κ1) is 19.2. The van der Waals surface area contributed by atoms with E-state index < -0.39 is 5.92 Å². The predicted molar refractivity (Wildman–Crippen MR) is 97.1 cm³/mol. The molecular weight excluding hydrogens is 318 g/mol. The zero-order valence-electron chi connectivity index (χ0n) is 15.3. The van der Waals surface area contributed by atoms with Gasteiger partial charge in [0.05, 0.1) is 19.1 Å². The van der Waals surface area contributed by atoms with E-state index in [1.165, 1.54) is 0 Å². The van der Waals surface area contributed by atoms with Crippen LogP contribution in [-0.2, 0) is 9.59 Å². The van der Waals surface area contributed by atoms with Crippen LogP contribution in [0.2, 0.25) is 0 Å². The molecule has 2 amide bonds. The minimum absolute atomic E-state index is 0.0369. The van der Waals surface area contributed by atoms with E-state index in [1.807, 2.05) is 36.1 Å². The van der Waals surface area contributed by atoms with Gasteiger partial charge >= 0.3 is 0 Å². The van der Waals surface area contributed by atoms with Crippen LogP contribution in [-0.4, -0.2) is 43.0 Å². The lowest BCUT2D eigenvalue weighted by Crippen LogP contribution is -2.42. The molecule has 0 spiro atoms. The lowest BCUT2D eigenvalue weighted by Gasteiger charge is -2.29. The second-order valence-corrected chi connectivity index (χ2v) is 6.61. The summed E-state index contributed by atoms with van der Waals surface area (Å²) >= 11 is 0. The first-order valence-electron chi connectivity index (χ1n) is 8.95. The second-order valence-electron chi connectivity index (χ2n) is 6.61. The Morgan fingerprint density at radius 1 is 1.40 bits per heavy atom. The number of nitrogens with two attached hydrogens (primary N) is 1. The minimum atomic E-state index is -0.397. The molecule has 0 bridgehead atoms. The molecule has 25 heavy (non-hydrogen) atoms. The van der Waals surface area contributed by atoms with Gasteiger partial charge in [0.1, 0.15) is 5.75 Å². The molecule has 0 aliphatic carbocycles. The fraction of sp³-hybridized carbons (Fsp3) is 0.579. The second kappa shape index (κ2) is 8.85. The number of nitrogens with one attached hydrogen (secondary N) is 1. The average molecular weight is 347 g/mol. The average Bonchev–Trinajstić information content (AvgIpc) is 2.96. The number of likely N-dealkylation sites (tertiary alicyclic amines) is 1. The van der Waals surface area contributed by atoms with Crippen molar-refractivity contribution in [2.45, 2.75) is 45.2 Å². The molecule has 1 aromatic carbocycles. The standard InChI is InChI=1S/C19H29N3O3/c1-4-5-10-22-17(23)11-16(19(24)21-13(2)12-20)18(22)14-6-8-15(25-3)9-7-14/h6-9,13,16,18H,4-5,10-12,20H2,1-3H3,(H,21,24)/t13-,16?,18?/m0/s1. The van der Waals surface area contributed by atoms with Gasteiger partial charge in [-0.15, -0.1) is 0 Å². The largest absolute Gasteiger partial charge is 0.497 e. The molecule has 2 unspecified atom stereocenters. The monoisotopic (exact) mass is 347 g/mol. The number of hydrogen-bond acceptors (Lipinski definition) is 4. The van der Waals surface area contributed by atoms with Crippen molar-refractivity contribution in [1.82, 2.24) is 10.2 Å². The van der Waals surface area contributed by atoms with E-state index in [9.17, 15) is 9.59 Å². The van der Waals surface area contributed by atoms with Crippen molar-refractivity contribution in [2.24, 2.45) is 11.7 Å². The van der Waals surface area contributed by atoms with Crippen molar-refractivity contribution in [2.75, 3.05) is 20.2 Å². The minimum Gasteiger partial charge on any atom is -0.497 e. The van der Waals surface area contributed by atoms with Crippen LogP contribution in [0.25, 0.3) is 0 Å². The molecule has 1 aliphatic heterocycles. The Kier molecular flexibility index (Phi) is 6.82. The number of methoxy groups -OCH3 is 1. The summed E-state index contributed by atoms with van der Waals surface area (Å²) in [5.74, 6) is 0.290. The van der Waals surface area contributed by atoms with Gasteiger partial charge in [0, 0.05) is 25.6 Å². The third-order valence-electron chi connectivity index (χ3n) is 4.72. The van der Waals surface area contributed by atoms with Crippen molar-refractivity contribution in [3.05, 3.63) is 29.8 Å². The number of ether oxygens (including phenoxy) is 1. The van der Waals surface area contributed by atoms with Gasteiger partial charge in [0.15, 0.2) is 0 Å². The van der Waals surface area contributed by atoms with Gasteiger partial charge in [-0.3, -0.25) is 9.59 Å². The van der Waals surface area contributed by atoms with E-state index in [1.54, 1.807) is 7.11 Å². The molecule has 2 rings (SSSR count). The molecule has 0 saturated carbocycles. The maximum absolute atomic E-state index is 12.7. The molecule has 6 nitrogen and oxygen atoms in total. The molecule has 1 heterocycles. The highest BCUT2D eigenvalue weighted by atomic mass is 16.5. The van der Waals surface area contributed by atoms with E-state index in [0.717, 1.165) is 24.2 Å². The van der Waals surface area contributed by atoms with E-state index in [2.05, 4.69) is 12.2 Å². The summed E-state index contributed by atoms with van der Waals surface area (Å²) in [4.78, 5) is 27.1. The van der Waals surface area contributed by atoms with Gasteiger partial charge < -0.3 is 20.7 Å². The van der Waals surface area contributed by atoms with Gasteiger partial charge in [0.25, 0.3) is 0 Å². The fourth-order valence-electron chi connectivity index (χ4n) is 3.24. The Hall–Kier alpha value is -2.08. The van der Waals surface area contributed by atoms with Crippen LogP contribution in [0.5, 0.6) is 5.75 Å². The molecule has 3 atom stereocenters. The summed E-state index contributed by atoms with van der Waals surface area (Å²) in [7, 11) is 1.62. The first-order valence-corrected chi connectivity index (χ1v) is 8.95. The SMILES string of the molecule is CCCCN1C(=O)CC(C(=O)N[C@@H](C)CN)C1c1ccc(OC)cc1. The number of hydrogen-bond donors (Lipinski definition) is 2. The van der Waals surface area contributed by atoms with E-state index in [0.29, 0.717) is 13.1 Å². The summed E-state index contributed by atoms with van der Waals surface area (Å²) in [5, 5.41) is 2.92. The Bertz CT molecular complexity index is 588. The van der Waals surface area contributed by atoms with Crippen molar-refractivity contribution < 1.29 is 14.3 Å². The molecular formula is C19H29N3O3. The van der Waals surface area contributed by atoms with Gasteiger partial charge in [-0.25, -0.2) is 0 Å². The first-order chi connectivity index (χ1) is 12.0. The smallest absolute Gasteiger partial charge is 0.226 e. The number of unbranched alkanes of at least 4 members (excludes halogenated alkanes) is 1. The van der Waals surface area contributed by atoms with Crippen molar-refractivity contribution in [1.29, 1.82) is 0 Å². The van der Waals surface area contributed by atoms with Gasteiger partial charge in [0.2, 0.25) is 11.8 Å². The van der Waals surface area contributed by atoms with Crippen molar-refractivity contribution in [3.63, 3.8) is 0 Å². The number of carbonyl (C=O) groups excluding carboxylic acids is 2. The molecule has 1 aromatic rings. The lowest BCUT2D eigenvalue weighted by atomic mass is 9.92. The number of nitrogens with zero attached hydrogens (tertiary/aromatic N) is 1. The molecule has 0 radical (unpaired) electrons. The highest BCUT2D eigenvalue weighted by Crippen LogP contribution is 2.39. The molecule has 1 fully saturated rings. The highest BCUT2D eigenvalue weighted by molar-refractivity contribution is 5.90. The lowest BCUT2D eigenvalue weighted by molar-refractivity contribution is -0.129. The summed E-state index contributed by atoms with van der Waals surface area (Å²) in [6.45, 7) is 5.00. The number of amides is 2. The van der Waals surface area contributed by atoms with Crippen molar-refractivity contribution >= 4 is 11.8 Å². The predicted octanol–water partition coefficient (Wildman–Crippen LogP) is 1.85. The van der Waals surface area contributed by atoms with E-state index >= 15 is 0 Å². The number of carbonyl (C=O) groups is 2. The summed E-state index contributed by atoms with van der Waals surface area (Å²) in [6.07, 6.45) is 2.16. The van der Waals surface area contributed by atoms with Gasteiger partial charge in [-0.1, -0.05) is 25.5 Å². The van der Waals surface area contributed by atoms with E-state index in [4.69, 9.17) is 10.5 Å². The van der Waals surface area contributed by atoms with Crippen LogP contribution in [0, 0.1) is 5.92 Å². The Morgan fingerprint density at radius 3 is 2.64 bits per heavy atom. The molecule has 6 heteroatoms. The van der Waals surface area contributed by atoms with Gasteiger partial charge in [-0.2, -0.15) is 0 Å². The number of benzene rings is 1. The summed E-state index contributed by atoms with van der Waals surface area (Å²) in [5.41, 5.74) is 6.57. The van der Waals surface area contributed by atoms with E-state index in [-0.39, 0.29) is 30.3 Å². The van der Waals surface area contributed by atoms with Crippen LogP contribution in [0.4, 0.5) is 0 Å². The van der Waals surface area contributed by atoms with Crippen LogP contribution >= 0.6 is 0 Å². The topological polar surface area (TPSA) is 84.7 Å². The molecule has 138 valence electrons. The molecule has 1 saturated heterocycles. The zero-order valence-corrected chi connectivity index (χ0v) is 15.3. The summed E-state index contributed by atoms with van der Waals surface area (Å²) in [6, 6.07) is 7.27. The third kappa shape index (κ3) is 4.51. The van der Waals surface area contributed by atoms with Gasteiger partial charge in [-0.05, 0) is 31.0 Å². The maximum atomic E-state index is 12.7. The fourth-order valence-corrected chi connectivity index (χ4v) is 3.24. The Balaban J connectivity index is 2.29. The zero-order chi connectivity index (χ0) is 18.4. The van der Waals surface area contributed by atoms with Crippen molar-refractivity contribution in [3.8, 4) is 5.75 Å².